The minimum atomic E-state index is 0.159. The number of nitrogens with one attached hydrogen (secondary N) is 1. The van der Waals surface area contributed by atoms with Crippen molar-refractivity contribution in [1.29, 1.82) is 0 Å². The van der Waals surface area contributed by atoms with E-state index in [0.717, 1.165) is 25.1 Å². The highest BCUT2D eigenvalue weighted by molar-refractivity contribution is 5.95. The molecule has 0 saturated carbocycles. The first-order chi connectivity index (χ1) is 7.72. The molecule has 0 spiro atoms. The van der Waals surface area contributed by atoms with E-state index in [-0.39, 0.29) is 5.91 Å². The normalized spacial score (nSPS) is 19.4. The van der Waals surface area contributed by atoms with E-state index in [4.69, 9.17) is 0 Å². The Bertz CT molecular complexity index is 372. The molecule has 1 aliphatic rings. The van der Waals surface area contributed by atoms with Crippen LogP contribution in [-0.4, -0.2) is 37.0 Å². The topological polar surface area (TPSA) is 32.3 Å². The van der Waals surface area contributed by atoms with Crippen LogP contribution in [0.15, 0.2) is 24.3 Å². The summed E-state index contributed by atoms with van der Waals surface area (Å²) in [4.78, 5) is 14.1. The molecule has 0 aromatic heterocycles. The fourth-order valence-electron chi connectivity index (χ4n) is 2.02. The lowest BCUT2D eigenvalue weighted by Gasteiger charge is -2.41. The summed E-state index contributed by atoms with van der Waals surface area (Å²) >= 11 is 0. The highest BCUT2D eigenvalue weighted by Crippen LogP contribution is 2.20. The summed E-state index contributed by atoms with van der Waals surface area (Å²) in [5.41, 5.74) is 1.98. The van der Waals surface area contributed by atoms with Gasteiger partial charge in [-0.1, -0.05) is 17.7 Å². The van der Waals surface area contributed by atoms with Crippen molar-refractivity contribution in [2.75, 3.05) is 20.1 Å². The molecule has 86 valence electrons. The Balaban J connectivity index is 2.05. The zero-order chi connectivity index (χ0) is 11.5. The van der Waals surface area contributed by atoms with Crippen molar-refractivity contribution in [1.82, 2.24) is 10.2 Å². The second kappa shape index (κ2) is 4.66. The first kappa shape index (κ1) is 11.1. The molecule has 0 bridgehead atoms. The molecule has 1 atom stereocenters. The summed E-state index contributed by atoms with van der Waals surface area (Å²) in [6.45, 7) is 3.80. The van der Waals surface area contributed by atoms with Gasteiger partial charge in [-0.05, 0) is 32.5 Å². The molecular weight excluding hydrogens is 200 g/mol. The minimum absolute atomic E-state index is 0.159. The van der Waals surface area contributed by atoms with Crippen LogP contribution in [-0.2, 0) is 0 Å². The standard InChI is InChI=1S/C13H18N2O/c1-10-3-5-11(6-4-10)13(16)15-8-7-12(15)9-14-2/h3-6,12,14H,7-9H2,1-2H3. The number of nitrogens with zero attached hydrogens (tertiary/aromatic N) is 1. The third kappa shape index (κ3) is 2.09. The van der Waals surface area contributed by atoms with E-state index in [0.29, 0.717) is 6.04 Å². The van der Waals surface area contributed by atoms with Crippen LogP contribution >= 0.6 is 0 Å². The van der Waals surface area contributed by atoms with Gasteiger partial charge in [0.25, 0.3) is 5.91 Å². The number of carbonyl (C=O) groups excluding carboxylic acids is 1. The first-order valence-corrected chi connectivity index (χ1v) is 5.74. The van der Waals surface area contributed by atoms with Gasteiger partial charge in [-0.15, -0.1) is 0 Å². The van der Waals surface area contributed by atoms with Gasteiger partial charge in [-0.3, -0.25) is 4.79 Å². The average molecular weight is 218 g/mol. The summed E-state index contributed by atoms with van der Waals surface area (Å²) in [7, 11) is 1.92. The van der Waals surface area contributed by atoms with E-state index in [1.165, 1.54) is 5.56 Å². The Hall–Kier alpha value is -1.35. The number of benzene rings is 1. The van der Waals surface area contributed by atoms with E-state index in [1.54, 1.807) is 0 Å². The number of aryl methyl sites for hydroxylation is 1. The van der Waals surface area contributed by atoms with Gasteiger partial charge in [0, 0.05) is 24.7 Å². The van der Waals surface area contributed by atoms with Gasteiger partial charge in [0.2, 0.25) is 0 Å². The number of hydrogen-bond acceptors (Lipinski definition) is 2. The summed E-state index contributed by atoms with van der Waals surface area (Å²) in [5, 5.41) is 3.12. The van der Waals surface area contributed by atoms with Crippen molar-refractivity contribution in [2.24, 2.45) is 0 Å². The van der Waals surface area contributed by atoms with Crippen LogP contribution in [0.25, 0.3) is 0 Å². The Morgan fingerprint density at radius 3 is 2.62 bits per heavy atom. The monoisotopic (exact) mass is 218 g/mol. The Morgan fingerprint density at radius 2 is 2.12 bits per heavy atom. The molecule has 1 fully saturated rings. The quantitative estimate of drug-likeness (QED) is 0.832. The molecule has 1 heterocycles. The molecule has 1 aliphatic heterocycles. The van der Waals surface area contributed by atoms with E-state index in [1.807, 2.05) is 43.1 Å². The number of amides is 1. The number of likely N-dealkylation sites (tertiary alicyclic amines) is 1. The molecule has 1 aromatic rings. The second-order valence-electron chi connectivity index (χ2n) is 4.36. The summed E-state index contributed by atoms with van der Waals surface area (Å²) < 4.78 is 0. The second-order valence-corrected chi connectivity index (χ2v) is 4.36. The predicted molar refractivity (Wildman–Crippen MR) is 64.5 cm³/mol. The van der Waals surface area contributed by atoms with E-state index in [9.17, 15) is 4.79 Å². The van der Waals surface area contributed by atoms with Gasteiger partial charge < -0.3 is 10.2 Å². The zero-order valence-corrected chi connectivity index (χ0v) is 9.86. The molecule has 2 rings (SSSR count). The van der Waals surface area contributed by atoms with E-state index >= 15 is 0 Å². The van der Waals surface area contributed by atoms with Crippen molar-refractivity contribution >= 4 is 5.91 Å². The fourth-order valence-corrected chi connectivity index (χ4v) is 2.02. The van der Waals surface area contributed by atoms with Gasteiger partial charge in [-0.2, -0.15) is 0 Å². The minimum Gasteiger partial charge on any atom is -0.334 e. The molecule has 0 radical (unpaired) electrons. The lowest BCUT2D eigenvalue weighted by atomic mass is 10.0. The van der Waals surface area contributed by atoms with Crippen LogP contribution in [0, 0.1) is 6.92 Å². The molecule has 16 heavy (non-hydrogen) atoms. The SMILES string of the molecule is CNCC1CCN1C(=O)c1ccc(C)cc1. The molecule has 1 saturated heterocycles. The molecule has 1 amide bonds. The molecule has 1 aromatic carbocycles. The molecule has 1 unspecified atom stereocenters. The maximum absolute atomic E-state index is 12.1. The molecule has 1 N–H and O–H groups in total. The predicted octanol–water partition coefficient (Wildman–Crippen LogP) is 1.43. The molecule has 0 aliphatic carbocycles. The lowest BCUT2D eigenvalue weighted by molar-refractivity contribution is 0.0468. The first-order valence-electron chi connectivity index (χ1n) is 5.74. The largest absolute Gasteiger partial charge is 0.334 e. The highest BCUT2D eigenvalue weighted by Gasteiger charge is 2.31. The number of likely N-dealkylation sites (N-methyl/N-ethyl adjacent to an activating group) is 1. The van der Waals surface area contributed by atoms with Crippen LogP contribution in [0.2, 0.25) is 0 Å². The van der Waals surface area contributed by atoms with Crippen molar-refractivity contribution in [3.8, 4) is 0 Å². The molecule has 3 heteroatoms. The Kier molecular flexibility index (Phi) is 3.25. The lowest BCUT2D eigenvalue weighted by Crippen LogP contribution is -2.54. The summed E-state index contributed by atoms with van der Waals surface area (Å²) in [6.07, 6.45) is 1.11. The summed E-state index contributed by atoms with van der Waals surface area (Å²) in [6, 6.07) is 8.16. The molecular formula is C13H18N2O. The Morgan fingerprint density at radius 1 is 1.44 bits per heavy atom. The maximum atomic E-state index is 12.1. The van der Waals surface area contributed by atoms with Crippen molar-refractivity contribution in [3.63, 3.8) is 0 Å². The fraction of sp³-hybridized carbons (Fsp3) is 0.462. The van der Waals surface area contributed by atoms with E-state index < -0.39 is 0 Å². The van der Waals surface area contributed by atoms with Gasteiger partial charge in [0.05, 0.1) is 0 Å². The number of rotatable bonds is 3. The van der Waals surface area contributed by atoms with Crippen molar-refractivity contribution in [2.45, 2.75) is 19.4 Å². The number of carbonyl (C=O) groups is 1. The highest BCUT2D eigenvalue weighted by atomic mass is 16.2. The smallest absolute Gasteiger partial charge is 0.254 e. The van der Waals surface area contributed by atoms with Crippen LogP contribution in [0.1, 0.15) is 22.3 Å². The van der Waals surface area contributed by atoms with Crippen molar-refractivity contribution in [3.05, 3.63) is 35.4 Å². The van der Waals surface area contributed by atoms with Crippen LogP contribution in [0.3, 0.4) is 0 Å². The third-order valence-corrected chi connectivity index (χ3v) is 3.14. The van der Waals surface area contributed by atoms with Crippen LogP contribution in [0.5, 0.6) is 0 Å². The van der Waals surface area contributed by atoms with Gasteiger partial charge in [-0.25, -0.2) is 0 Å². The Labute approximate surface area is 96.5 Å². The number of hydrogen-bond donors (Lipinski definition) is 1. The van der Waals surface area contributed by atoms with Gasteiger partial charge in [0.15, 0.2) is 0 Å². The van der Waals surface area contributed by atoms with Crippen LogP contribution in [0.4, 0.5) is 0 Å². The molecule has 3 nitrogen and oxygen atoms in total. The van der Waals surface area contributed by atoms with Gasteiger partial charge >= 0.3 is 0 Å². The van der Waals surface area contributed by atoms with Crippen LogP contribution < -0.4 is 5.32 Å². The van der Waals surface area contributed by atoms with E-state index in [2.05, 4.69) is 5.32 Å². The zero-order valence-electron chi connectivity index (χ0n) is 9.86. The third-order valence-electron chi connectivity index (χ3n) is 3.14. The van der Waals surface area contributed by atoms with Crippen molar-refractivity contribution < 1.29 is 4.79 Å². The van der Waals surface area contributed by atoms with Gasteiger partial charge in [0.1, 0.15) is 0 Å². The maximum Gasteiger partial charge on any atom is 0.254 e. The average Bonchev–Trinajstić information content (AvgIpc) is 2.25. The summed E-state index contributed by atoms with van der Waals surface area (Å²) in [5.74, 6) is 0.159.